The van der Waals surface area contributed by atoms with E-state index in [1.807, 2.05) is 6.92 Å². The molecular weight excluding hydrogens is 382 g/mol. The van der Waals surface area contributed by atoms with Crippen LogP contribution in [0, 0.1) is 6.92 Å². The van der Waals surface area contributed by atoms with Gasteiger partial charge in [-0.15, -0.1) is 0 Å². The topological polar surface area (TPSA) is 80.2 Å². The molecule has 1 N–H and O–H groups in total. The molecule has 2 aromatic carbocycles. The first-order valence-electron chi connectivity index (χ1n) is 8.63. The van der Waals surface area contributed by atoms with Crippen LogP contribution in [0.2, 0.25) is 5.02 Å². The lowest BCUT2D eigenvalue weighted by Crippen LogP contribution is -2.36. The Hall–Kier alpha value is -3.06. The minimum absolute atomic E-state index is 0.178. The third kappa shape index (κ3) is 4.09. The summed E-state index contributed by atoms with van der Waals surface area (Å²) in [4.78, 5) is 25.0. The molecule has 2 aromatic rings. The molecule has 3 rings (SSSR count). The summed E-state index contributed by atoms with van der Waals surface area (Å²) in [6.07, 6.45) is 0.427. The number of amides is 2. The van der Waals surface area contributed by atoms with Crippen molar-refractivity contribution in [2.45, 2.75) is 19.8 Å². The number of nitrogens with one attached hydrogen (secondary N) is 1. The van der Waals surface area contributed by atoms with E-state index in [9.17, 15) is 9.59 Å². The fourth-order valence-corrected chi connectivity index (χ4v) is 2.90. The molecule has 7 nitrogen and oxygen atoms in total. The molecule has 0 radical (unpaired) electrons. The van der Waals surface area contributed by atoms with Crippen molar-refractivity contribution in [3.63, 3.8) is 0 Å². The Bertz CT molecular complexity index is 958. The van der Waals surface area contributed by atoms with Gasteiger partial charge in [-0.1, -0.05) is 17.7 Å². The summed E-state index contributed by atoms with van der Waals surface area (Å²) in [6.45, 7) is 1.87. The maximum atomic E-state index is 12.7. The molecule has 28 heavy (non-hydrogen) atoms. The molecule has 0 spiro atoms. The van der Waals surface area contributed by atoms with Gasteiger partial charge in [0.15, 0.2) is 0 Å². The molecule has 0 saturated carbocycles. The van der Waals surface area contributed by atoms with Crippen molar-refractivity contribution in [3.8, 4) is 11.5 Å². The van der Waals surface area contributed by atoms with Gasteiger partial charge in [-0.05, 0) is 36.8 Å². The highest BCUT2D eigenvalue weighted by Crippen LogP contribution is 2.30. The van der Waals surface area contributed by atoms with E-state index < -0.39 is 5.91 Å². The molecule has 0 saturated heterocycles. The van der Waals surface area contributed by atoms with Gasteiger partial charge in [0, 0.05) is 23.9 Å². The van der Waals surface area contributed by atoms with Crippen molar-refractivity contribution in [2.75, 3.05) is 24.5 Å². The zero-order chi connectivity index (χ0) is 20.3. The molecule has 0 aliphatic carbocycles. The highest BCUT2D eigenvalue weighted by molar-refractivity contribution is 6.44. The molecular formula is C20H20ClN3O4. The van der Waals surface area contributed by atoms with E-state index in [-0.39, 0.29) is 24.5 Å². The normalized spacial score (nSPS) is 13.8. The molecule has 146 valence electrons. The Morgan fingerprint density at radius 1 is 1.14 bits per heavy atom. The second-order valence-corrected chi connectivity index (χ2v) is 6.61. The highest BCUT2D eigenvalue weighted by Gasteiger charge is 2.26. The zero-order valence-corrected chi connectivity index (χ0v) is 16.5. The third-order valence-corrected chi connectivity index (χ3v) is 4.76. The van der Waals surface area contributed by atoms with Crippen LogP contribution in [0.3, 0.4) is 0 Å². The number of hydrogen-bond donors (Lipinski definition) is 1. The molecule has 0 fully saturated rings. The first-order chi connectivity index (χ1) is 13.4. The number of hydrazone groups is 1. The molecule has 8 heteroatoms. The number of methoxy groups -OCH3 is 2. The predicted octanol–water partition coefficient (Wildman–Crippen LogP) is 3.79. The largest absolute Gasteiger partial charge is 0.497 e. The summed E-state index contributed by atoms with van der Waals surface area (Å²) >= 11 is 6.16. The molecule has 0 aromatic heterocycles. The number of hydrogen-bond acceptors (Lipinski definition) is 5. The first kappa shape index (κ1) is 19.7. The molecule has 0 unspecified atom stereocenters. The summed E-state index contributed by atoms with van der Waals surface area (Å²) in [5.74, 6) is 0.470. The summed E-state index contributed by atoms with van der Waals surface area (Å²) < 4.78 is 10.4. The number of anilines is 2. The lowest BCUT2D eigenvalue weighted by molar-refractivity contribution is -0.118. The lowest BCUT2D eigenvalue weighted by atomic mass is 10.1. The minimum atomic E-state index is -0.404. The summed E-state index contributed by atoms with van der Waals surface area (Å²) in [5, 5.41) is 8.77. The highest BCUT2D eigenvalue weighted by atomic mass is 35.5. The number of carbonyl (C=O) groups excluding carboxylic acids is 2. The number of carbonyl (C=O) groups is 2. The molecule has 1 heterocycles. The molecule has 1 aliphatic heterocycles. The Kier molecular flexibility index (Phi) is 5.84. The van der Waals surface area contributed by atoms with Crippen LogP contribution < -0.4 is 19.8 Å². The number of rotatable bonds is 5. The Balaban J connectivity index is 1.85. The fourth-order valence-electron chi connectivity index (χ4n) is 2.73. The van der Waals surface area contributed by atoms with E-state index in [1.54, 1.807) is 43.5 Å². The number of halogens is 1. The van der Waals surface area contributed by atoms with Crippen LogP contribution in [-0.2, 0) is 9.59 Å². The maximum absolute atomic E-state index is 12.7. The summed E-state index contributed by atoms with van der Waals surface area (Å²) in [5.41, 5.74) is 2.14. The van der Waals surface area contributed by atoms with E-state index in [0.29, 0.717) is 27.9 Å². The smallest absolute Gasteiger partial charge is 0.271 e. The number of benzene rings is 2. The van der Waals surface area contributed by atoms with E-state index in [4.69, 9.17) is 21.1 Å². The van der Waals surface area contributed by atoms with Crippen LogP contribution in [0.5, 0.6) is 11.5 Å². The van der Waals surface area contributed by atoms with Crippen molar-refractivity contribution in [1.82, 2.24) is 0 Å². The van der Waals surface area contributed by atoms with Gasteiger partial charge in [0.2, 0.25) is 5.91 Å². The van der Waals surface area contributed by atoms with E-state index in [1.165, 1.54) is 12.1 Å². The third-order valence-electron chi connectivity index (χ3n) is 4.35. The SMILES string of the molecule is COc1ccc(NC(=O)C2=NN(c3ccc(C)c(Cl)c3)C(=O)CC2)c(OC)c1. The summed E-state index contributed by atoms with van der Waals surface area (Å²) in [6, 6.07) is 10.3. The van der Waals surface area contributed by atoms with Gasteiger partial charge in [-0.25, -0.2) is 5.01 Å². The molecule has 0 bridgehead atoms. The van der Waals surface area contributed by atoms with Crippen LogP contribution in [0.4, 0.5) is 11.4 Å². The standard InChI is InChI=1S/C20H20ClN3O4/c1-12-4-5-13(10-15(12)21)24-19(25)9-8-17(23-24)20(26)22-16-7-6-14(27-2)11-18(16)28-3/h4-7,10-11H,8-9H2,1-3H3,(H,22,26). The number of ether oxygens (including phenoxy) is 2. The fraction of sp³-hybridized carbons (Fsp3) is 0.250. The lowest BCUT2D eigenvalue weighted by Gasteiger charge is -2.23. The van der Waals surface area contributed by atoms with Gasteiger partial charge in [-0.2, -0.15) is 5.10 Å². The van der Waals surface area contributed by atoms with E-state index in [0.717, 1.165) is 5.56 Å². The van der Waals surface area contributed by atoms with E-state index in [2.05, 4.69) is 10.4 Å². The average molecular weight is 402 g/mol. The second kappa shape index (κ2) is 8.31. The van der Waals surface area contributed by atoms with Crippen LogP contribution in [0.15, 0.2) is 41.5 Å². The Morgan fingerprint density at radius 3 is 2.61 bits per heavy atom. The number of aryl methyl sites for hydroxylation is 1. The molecule has 1 aliphatic rings. The monoisotopic (exact) mass is 401 g/mol. The number of nitrogens with zero attached hydrogens (tertiary/aromatic N) is 2. The van der Waals surface area contributed by atoms with Crippen LogP contribution in [-0.4, -0.2) is 31.7 Å². The van der Waals surface area contributed by atoms with Gasteiger partial charge in [-0.3, -0.25) is 9.59 Å². The van der Waals surface area contributed by atoms with Crippen molar-refractivity contribution in [2.24, 2.45) is 5.10 Å². The second-order valence-electron chi connectivity index (χ2n) is 6.21. The Labute approximate surface area is 167 Å². The summed E-state index contributed by atoms with van der Waals surface area (Å²) in [7, 11) is 3.05. The van der Waals surface area contributed by atoms with Crippen LogP contribution in [0.25, 0.3) is 0 Å². The van der Waals surface area contributed by atoms with Gasteiger partial charge in [0.25, 0.3) is 5.91 Å². The average Bonchev–Trinajstić information content (AvgIpc) is 2.70. The zero-order valence-electron chi connectivity index (χ0n) is 15.8. The molecule has 0 atom stereocenters. The van der Waals surface area contributed by atoms with Crippen LogP contribution >= 0.6 is 11.6 Å². The van der Waals surface area contributed by atoms with Crippen molar-refractivity contribution < 1.29 is 19.1 Å². The minimum Gasteiger partial charge on any atom is -0.497 e. The Morgan fingerprint density at radius 2 is 1.93 bits per heavy atom. The van der Waals surface area contributed by atoms with Gasteiger partial charge >= 0.3 is 0 Å². The van der Waals surface area contributed by atoms with E-state index >= 15 is 0 Å². The van der Waals surface area contributed by atoms with Crippen LogP contribution in [0.1, 0.15) is 18.4 Å². The quantitative estimate of drug-likeness (QED) is 0.826. The predicted molar refractivity (Wildman–Crippen MR) is 109 cm³/mol. The van der Waals surface area contributed by atoms with Crippen molar-refractivity contribution >= 4 is 40.5 Å². The van der Waals surface area contributed by atoms with Crippen molar-refractivity contribution in [1.29, 1.82) is 0 Å². The van der Waals surface area contributed by atoms with Crippen molar-refractivity contribution in [3.05, 3.63) is 47.0 Å². The van der Waals surface area contributed by atoms with Gasteiger partial charge in [0.1, 0.15) is 17.2 Å². The maximum Gasteiger partial charge on any atom is 0.271 e. The van der Waals surface area contributed by atoms with Gasteiger partial charge < -0.3 is 14.8 Å². The molecule has 2 amide bonds. The van der Waals surface area contributed by atoms with Gasteiger partial charge in [0.05, 0.1) is 25.6 Å². The first-order valence-corrected chi connectivity index (χ1v) is 9.00.